The molecule has 2 N–H and O–H groups in total. The number of rotatable bonds is 5. The van der Waals surface area contributed by atoms with E-state index in [4.69, 9.17) is 21.1 Å². The fraction of sp³-hybridized carbons (Fsp3) is 0.636. The van der Waals surface area contributed by atoms with Gasteiger partial charge in [-0.3, -0.25) is 0 Å². The van der Waals surface area contributed by atoms with Crippen molar-refractivity contribution in [2.45, 2.75) is 83.1 Å². The molecule has 5 rings (SSSR count). The highest BCUT2D eigenvalue weighted by Crippen LogP contribution is 2.51. The van der Waals surface area contributed by atoms with Crippen LogP contribution in [0.15, 0.2) is 12.3 Å². The molecule has 1 amide bonds. The summed E-state index contributed by atoms with van der Waals surface area (Å²) in [6.45, 7) is 10.1. The van der Waals surface area contributed by atoms with Crippen LogP contribution in [0.2, 0.25) is 5.15 Å². The second kappa shape index (κ2) is 8.43. The number of aromatic nitrogens is 3. The van der Waals surface area contributed by atoms with Gasteiger partial charge in [-0.15, -0.1) is 10.2 Å². The normalized spacial score (nSPS) is 25.1. The van der Waals surface area contributed by atoms with Gasteiger partial charge in [0.2, 0.25) is 0 Å². The third-order valence-corrected chi connectivity index (χ3v) is 7.11. The van der Waals surface area contributed by atoms with Gasteiger partial charge < -0.3 is 20.1 Å². The number of fused-ring (bicyclic) bond motifs is 3. The Morgan fingerprint density at radius 1 is 1.25 bits per heavy atom. The summed E-state index contributed by atoms with van der Waals surface area (Å²) in [5.41, 5.74) is 0.382. The molecule has 174 valence electrons. The largest absolute Gasteiger partial charge is 0.444 e. The first-order chi connectivity index (χ1) is 15.0. The van der Waals surface area contributed by atoms with E-state index >= 15 is 0 Å². The van der Waals surface area contributed by atoms with Gasteiger partial charge in [-0.2, -0.15) is 0 Å². The Hall–Kier alpha value is -1.97. The van der Waals surface area contributed by atoms with Crippen molar-refractivity contribution in [2.75, 3.05) is 11.9 Å². The van der Waals surface area contributed by atoms with Crippen molar-refractivity contribution in [3.05, 3.63) is 22.4 Å². The summed E-state index contributed by atoms with van der Waals surface area (Å²) in [5.74, 6) is 0. The van der Waals surface area contributed by atoms with E-state index in [2.05, 4.69) is 39.7 Å². The molecule has 1 saturated carbocycles. The van der Waals surface area contributed by atoms with Crippen LogP contribution in [0.25, 0.3) is 10.6 Å². The fourth-order valence-corrected chi connectivity index (χ4v) is 5.43. The number of halogens is 1. The number of carbonyl (C=O) groups is 1. The third-order valence-electron chi connectivity index (χ3n) is 5.77. The Morgan fingerprint density at radius 3 is 2.56 bits per heavy atom. The van der Waals surface area contributed by atoms with E-state index in [0.29, 0.717) is 11.8 Å². The number of pyridine rings is 1. The Kier molecular flexibility index (Phi) is 6.11. The minimum absolute atomic E-state index is 0.240. The number of carbonyl (C=O) groups excluding carboxylic acids is 1. The van der Waals surface area contributed by atoms with Crippen LogP contribution in [0, 0.1) is 0 Å². The molecule has 2 aromatic rings. The van der Waals surface area contributed by atoms with Crippen molar-refractivity contribution in [2.24, 2.45) is 0 Å². The van der Waals surface area contributed by atoms with Crippen LogP contribution < -0.4 is 10.6 Å². The van der Waals surface area contributed by atoms with E-state index < -0.39 is 17.3 Å². The molecule has 0 radical (unpaired) electrons. The van der Waals surface area contributed by atoms with E-state index in [-0.39, 0.29) is 11.6 Å². The minimum atomic E-state index is -0.530. The quantitative estimate of drug-likeness (QED) is 0.573. The monoisotopic (exact) mass is 479 g/mol. The average Bonchev–Trinajstić information content (AvgIpc) is 3.18. The van der Waals surface area contributed by atoms with Gasteiger partial charge >= 0.3 is 6.09 Å². The van der Waals surface area contributed by atoms with E-state index in [0.717, 1.165) is 46.9 Å². The summed E-state index contributed by atoms with van der Waals surface area (Å²) in [6, 6.07) is 2.05. The predicted molar refractivity (Wildman–Crippen MR) is 125 cm³/mol. The third kappa shape index (κ3) is 4.84. The molecule has 8 nitrogen and oxygen atoms in total. The number of ether oxygens (including phenoxy) is 2. The molecule has 3 fully saturated rings. The number of hydrogen-bond donors (Lipinski definition) is 2. The number of anilines is 1. The molecule has 3 aliphatic rings. The highest BCUT2D eigenvalue weighted by molar-refractivity contribution is 7.14. The summed E-state index contributed by atoms with van der Waals surface area (Å²) >= 11 is 7.63. The highest BCUT2D eigenvalue weighted by Gasteiger charge is 2.53. The molecule has 2 aromatic heterocycles. The van der Waals surface area contributed by atoms with Crippen molar-refractivity contribution in [1.82, 2.24) is 20.5 Å². The van der Waals surface area contributed by atoms with Gasteiger partial charge in [0.15, 0.2) is 5.01 Å². The van der Waals surface area contributed by atoms with Crippen molar-refractivity contribution in [3.8, 4) is 10.6 Å². The molecule has 2 bridgehead atoms. The summed E-state index contributed by atoms with van der Waals surface area (Å²) in [6.07, 6.45) is 4.50. The lowest BCUT2D eigenvalue weighted by molar-refractivity contribution is -0.167. The van der Waals surface area contributed by atoms with Crippen LogP contribution >= 0.6 is 22.9 Å². The number of nitrogens with one attached hydrogen (secondary N) is 2. The second-order valence-electron chi connectivity index (χ2n) is 9.95. The van der Waals surface area contributed by atoms with Gasteiger partial charge in [-0.25, -0.2) is 9.78 Å². The SMILES string of the molecule is CC(C)Nc1cc(Cl)ncc1-c1nnc(C23CCC(NC(=O)OC(C)(C)C)(CC2)CO3)s1. The maximum Gasteiger partial charge on any atom is 0.408 e. The Morgan fingerprint density at radius 2 is 1.97 bits per heavy atom. The lowest BCUT2D eigenvalue weighted by Gasteiger charge is -2.52. The molecule has 4 heterocycles. The summed E-state index contributed by atoms with van der Waals surface area (Å²) in [5, 5.41) is 17.5. The van der Waals surface area contributed by atoms with Crippen molar-refractivity contribution < 1.29 is 14.3 Å². The van der Waals surface area contributed by atoms with Crippen LogP contribution in [-0.2, 0) is 15.1 Å². The first-order valence-electron chi connectivity index (χ1n) is 10.9. The Balaban J connectivity index is 1.50. The van der Waals surface area contributed by atoms with Crippen LogP contribution in [0.4, 0.5) is 10.5 Å². The molecule has 0 atom stereocenters. The molecule has 32 heavy (non-hydrogen) atoms. The predicted octanol–water partition coefficient (Wildman–Crippen LogP) is 5.14. The van der Waals surface area contributed by atoms with Crippen molar-refractivity contribution >= 4 is 34.7 Å². The number of amides is 1. The Labute approximate surface area is 197 Å². The molecule has 10 heteroatoms. The summed E-state index contributed by atoms with van der Waals surface area (Å²) in [4.78, 5) is 16.6. The summed E-state index contributed by atoms with van der Waals surface area (Å²) in [7, 11) is 0. The molecule has 2 aliphatic heterocycles. The van der Waals surface area contributed by atoms with E-state index in [9.17, 15) is 4.79 Å². The maximum atomic E-state index is 12.3. The van der Waals surface area contributed by atoms with E-state index in [1.54, 1.807) is 6.20 Å². The van der Waals surface area contributed by atoms with E-state index in [1.165, 1.54) is 11.3 Å². The first kappa shape index (κ1) is 23.2. The van der Waals surface area contributed by atoms with E-state index in [1.807, 2.05) is 26.8 Å². The molecule has 2 saturated heterocycles. The average molecular weight is 480 g/mol. The summed E-state index contributed by atoms with van der Waals surface area (Å²) < 4.78 is 11.8. The smallest absolute Gasteiger partial charge is 0.408 e. The molecule has 0 aromatic carbocycles. The zero-order valence-electron chi connectivity index (χ0n) is 19.1. The molecule has 0 spiro atoms. The first-order valence-corrected chi connectivity index (χ1v) is 12.1. The van der Waals surface area contributed by atoms with Crippen molar-refractivity contribution in [1.29, 1.82) is 0 Å². The minimum Gasteiger partial charge on any atom is -0.444 e. The number of nitrogens with zero attached hydrogens (tertiary/aromatic N) is 3. The van der Waals surface area contributed by atoms with Gasteiger partial charge in [0, 0.05) is 17.9 Å². The zero-order valence-corrected chi connectivity index (χ0v) is 20.7. The van der Waals surface area contributed by atoms with Gasteiger partial charge in [0.1, 0.15) is 21.4 Å². The van der Waals surface area contributed by atoms with Gasteiger partial charge in [0.05, 0.1) is 17.7 Å². The molecular formula is C22H30ClN5O3S. The number of alkyl carbamates (subject to hydrolysis) is 1. The Bertz CT molecular complexity index is 979. The van der Waals surface area contributed by atoms with Gasteiger partial charge in [0.25, 0.3) is 0 Å². The van der Waals surface area contributed by atoms with Crippen molar-refractivity contribution in [3.63, 3.8) is 0 Å². The standard InChI is InChI=1S/C22H30ClN5O3S/c1-13(2)25-15-10-16(23)24-11-14(15)17-27-28-18(32-17)22-8-6-21(7-9-22,12-30-22)26-19(29)31-20(3,4)5/h10-11,13H,6-9,12H2,1-5H3,(H,24,25)(H,26,29). The molecule has 0 unspecified atom stereocenters. The fourth-order valence-electron chi connectivity index (χ4n) is 4.20. The second-order valence-corrected chi connectivity index (χ2v) is 11.3. The zero-order chi connectivity index (χ0) is 23.1. The lowest BCUT2D eigenvalue weighted by Crippen LogP contribution is -2.62. The van der Waals surface area contributed by atoms with Gasteiger partial charge in [-0.1, -0.05) is 22.9 Å². The van der Waals surface area contributed by atoms with Crippen LogP contribution in [0.1, 0.15) is 65.3 Å². The maximum absolute atomic E-state index is 12.3. The molecular weight excluding hydrogens is 450 g/mol. The van der Waals surface area contributed by atoms with Gasteiger partial charge in [-0.05, 0) is 66.4 Å². The topological polar surface area (TPSA) is 98.3 Å². The number of hydrogen-bond acceptors (Lipinski definition) is 8. The van der Waals surface area contributed by atoms with Crippen LogP contribution in [-0.4, -0.2) is 45.1 Å². The molecule has 1 aliphatic carbocycles. The highest BCUT2D eigenvalue weighted by atomic mass is 35.5. The van der Waals surface area contributed by atoms with Crippen LogP contribution in [0.5, 0.6) is 0 Å². The lowest BCUT2D eigenvalue weighted by atomic mass is 9.71. The van der Waals surface area contributed by atoms with Crippen LogP contribution in [0.3, 0.4) is 0 Å².